The summed E-state index contributed by atoms with van der Waals surface area (Å²) in [6.07, 6.45) is -4.28. The number of imidazole rings is 1. The fourth-order valence-electron chi connectivity index (χ4n) is 2.43. The molecule has 0 amide bonds. The average molecular weight is 523 g/mol. The van der Waals surface area contributed by atoms with Crippen molar-refractivity contribution in [2.75, 3.05) is 12.3 Å². The minimum atomic E-state index is -5.71. The van der Waals surface area contributed by atoms with Gasteiger partial charge in [-0.2, -0.15) is 8.62 Å². The van der Waals surface area contributed by atoms with Crippen LogP contribution in [0.25, 0.3) is 11.2 Å². The first-order valence-electron chi connectivity index (χ1n) is 8.08. The lowest BCUT2D eigenvalue weighted by Crippen LogP contribution is -2.38. The van der Waals surface area contributed by atoms with Gasteiger partial charge in [-0.15, -0.1) is 4.73 Å². The van der Waals surface area contributed by atoms with Gasteiger partial charge in [0.15, 0.2) is 11.3 Å². The van der Waals surface area contributed by atoms with Gasteiger partial charge in [0.1, 0.15) is 31.0 Å². The molecule has 1 fully saturated rings. The quantitative estimate of drug-likeness (QED) is 0.169. The number of hydrogen-bond acceptors (Lipinski definition) is 14. The molecule has 3 rings (SSSR count). The van der Waals surface area contributed by atoms with E-state index in [1.54, 1.807) is 0 Å². The number of hydrogen-bond donors (Lipinski definition) is 7. The second-order valence-corrected chi connectivity index (χ2v) is 10.4. The summed E-state index contributed by atoms with van der Waals surface area (Å²) < 4.78 is 51.3. The third kappa shape index (κ3) is 6.06. The zero-order chi connectivity index (χ0) is 23.9. The predicted octanol–water partition coefficient (Wildman–Crippen LogP) is -2.37. The number of aliphatic hydroxyl groups excluding tert-OH is 2. The minimum Gasteiger partial charge on any atom is -0.387 e. The summed E-state index contributed by atoms with van der Waals surface area (Å²) in [5.74, 6) is 0.0409. The predicted molar refractivity (Wildman–Crippen MR) is 96.8 cm³/mol. The Morgan fingerprint density at radius 2 is 1.72 bits per heavy atom. The molecule has 2 unspecified atom stereocenters. The Morgan fingerprint density at radius 1 is 1.03 bits per heavy atom. The summed E-state index contributed by atoms with van der Waals surface area (Å²) in [6.45, 7) is -0.998. The van der Waals surface area contributed by atoms with Gasteiger partial charge in [0.2, 0.25) is 5.65 Å². The SMILES string of the molecule is Nc1ncnc2c1ncn2O[C@@H]1O[C@H](COP(=O)(O)OP(=O)(O)OP(=O)(O)O)[C@@H](O)[C@@H]1O. The molecule has 1 aliphatic heterocycles. The maximum absolute atomic E-state index is 11.8. The molecule has 0 aliphatic carbocycles. The van der Waals surface area contributed by atoms with Crippen molar-refractivity contribution < 1.29 is 66.2 Å². The number of nitrogens with two attached hydrogens (primary N) is 1. The van der Waals surface area contributed by atoms with Crippen molar-refractivity contribution in [3.63, 3.8) is 0 Å². The van der Waals surface area contributed by atoms with Crippen LogP contribution in [-0.2, 0) is 31.6 Å². The fourth-order valence-corrected chi connectivity index (χ4v) is 5.46. The molecule has 22 heteroatoms. The lowest BCUT2D eigenvalue weighted by Gasteiger charge is -2.19. The van der Waals surface area contributed by atoms with Crippen LogP contribution in [-0.4, -0.2) is 80.7 Å². The van der Waals surface area contributed by atoms with Crippen molar-refractivity contribution in [1.29, 1.82) is 0 Å². The van der Waals surface area contributed by atoms with Crippen molar-refractivity contribution in [1.82, 2.24) is 19.7 Å². The largest absolute Gasteiger partial charge is 0.490 e. The van der Waals surface area contributed by atoms with Crippen molar-refractivity contribution in [2.45, 2.75) is 24.6 Å². The Balaban J connectivity index is 1.62. The van der Waals surface area contributed by atoms with Crippen LogP contribution < -0.4 is 10.6 Å². The molecule has 2 aromatic heterocycles. The Kier molecular flexibility index (Phi) is 7.05. The van der Waals surface area contributed by atoms with Crippen LogP contribution >= 0.6 is 23.5 Å². The van der Waals surface area contributed by atoms with E-state index in [1.807, 2.05) is 0 Å². The summed E-state index contributed by atoms with van der Waals surface area (Å²) in [5.41, 5.74) is 5.90. The minimum absolute atomic E-state index is 0.0409. The van der Waals surface area contributed by atoms with Gasteiger partial charge in [-0.05, 0) is 0 Å². The molecule has 8 N–H and O–H groups in total. The normalized spacial score (nSPS) is 27.8. The van der Waals surface area contributed by atoms with Crippen molar-refractivity contribution in [2.24, 2.45) is 0 Å². The number of phosphoric acid groups is 3. The number of aromatic nitrogens is 4. The number of nitrogens with zero attached hydrogens (tertiary/aromatic N) is 4. The van der Waals surface area contributed by atoms with Crippen LogP contribution in [0.2, 0.25) is 0 Å². The Bertz CT molecular complexity index is 1120. The highest BCUT2D eigenvalue weighted by Crippen LogP contribution is 2.66. The number of ether oxygens (including phenoxy) is 1. The van der Waals surface area contributed by atoms with E-state index in [9.17, 15) is 28.8 Å². The summed E-state index contributed by atoms with van der Waals surface area (Å²) in [7, 11) is -16.7. The first-order chi connectivity index (χ1) is 14.7. The molecule has 1 aliphatic rings. The van der Waals surface area contributed by atoms with E-state index >= 15 is 0 Å². The highest BCUT2D eigenvalue weighted by Gasteiger charge is 2.47. The molecule has 0 bridgehead atoms. The van der Waals surface area contributed by atoms with Gasteiger partial charge < -0.3 is 45.1 Å². The maximum Gasteiger partial charge on any atom is 0.490 e. The Morgan fingerprint density at radius 3 is 2.38 bits per heavy atom. The second kappa shape index (κ2) is 9.00. The molecule has 0 spiro atoms. The van der Waals surface area contributed by atoms with Gasteiger partial charge in [0.25, 0.3) is 6.29 Å². The summed E-state index contributed by atoms with van der Waals surface area (Å²) in [5, 5.41) is 20.1. The molecule has 19 nitrogen and oxygen atoms in total. The lowest BCUT2D eigenvalue weighted by molar-refractivity contribution is -0.168. The van der Waals surface area contributed by atoms with Crippen molar-refractivity contribution in [3.8, 4) is 0 Å². The maximum atomic E-state index is 11.8. The molecule has 6 atom stereocenters. The number of rotatable bonds is 9. The van der Waals surface area contributed by atoms with Gasteiger partial charge in [-0.3, -0.25) is 4.52 Å². The zero-order valence-electron chi connectivity index (χ0n) is 15.3. The molecule has 180 valence electrons. The molecule has 0 radical (unpaired) electrons. The summed E-state index contributed by atoms with van der Waals surface area (Å²) in [6, 6.07) is 0. The number of phosphoric ester groups is 1. The Labute approximate surface area is 176 Å². The van der Waals surface area contributed by atoms with E-state index < -0.39 is 54.7 Å². The van der Waals surface area contributed by atoms with E-state index in [0.29, 0.717) is 0 Å². The standard InChI is InChI=1S/C10H16N5O14P3/c11-8-5-9(13-2-12-8)15(3-14-5)27-10-7(17)6(16)4(26-10)1-25-31(21,22)29-32(23,24)28-30(18,19)20/h2-4,6-7,10,16-17H,1H2,(H,21,22)(H,23,24)(H2,11,12,13)(H2,18,19,20)/t4-,6-,7+,10+/m1/s1. The van der Waals surface area contributed by atoms with Crippen LogP contribution in [0.4, 0.5) is 5.82 Å². The van der Waals surface area contributed by atoms with Gasteiger partial charge in [-0.1, -0.05) is 0 Å². The van der Waals surface area contributed by atoms with E-state index in [4.69, 9.17) is 30.0 Å². The summed E-state index contributed by atoms with van der Waals surface area (Å²) in [4.78, 5) is 52.4. The van der Waals surface area contributed by atoms with Crippen LogP contribution in [0.3, 0.4) is 0 Å². The number of nitrogen functional groups attached to an aromatic ring is 1. The molecule has 2 aromatic rings. The highest BCUT2D eigenvalue weighted by molar-refractivity contribution is 7.66. The second-order valence-electron chi connectivity index (χ2n) is 6.02. The third-order valence-electron chi connectivity index (χ3n) is 3.69. The molecular formula is C10H16N5O14P3. The summed E-state index contributed by atoms with van der Waals surface area (Å²) >= 11 is 0. The van der Waals surface area contributed by atoms with Gasteiger partial charge in [0, 0.05) is 0 Å². The number of fused-ring (bicyclic) bond motifs is 1. The number of anilines is 1. The van der Waals surface area contributed by atoms with E-state index in [0.717, 1.165) is 17.4 Å². The topological polar surface area (TPSA) is 288 Å². The molecule has 3 heterocycles. The van der Waals surface area contributed by atoms with Crippen molar-refractivity contribution >= 4 is 40.4 Å². The Hall–Kier alpha value is -1.56. The first-order valence-corrected chi connectivity index (χ1v) is 12.6. The lowest BCUT2D eigenvalue weighted by atomic mass is 10.1. The van der Waals surface area contributed by atoms with Crippen LogP contribution in [0.5, 0.6) is 0 Å². The van der Waals surface area contributed by atoms with Gasteiger partial charge >= 0.3 is 23.5 Å². The van der Waals surface area contributed by atoms with Crippen LogP contribution in [0.1, 0.15) is 0 Å². The molecule has 0 saturated carbocycles. The van der Waals surface area contributed by atoms with Crippen LogP contribution in [0, 0.1) is 0 Å². The molecule has 1 saturated heterocycles. The molecule has 32 heavy (non-hydrogen) atoms. The van der Waals surface area contributed by atoms with Crippen LogP contribution in [0.15, 0.2) is 12.7 Å². The third-order valence-corrected chi connectivity index (χ3v) is 7.49. The van der Waals surface area contributed by atoms with E-state index in [1.165, 1.54) is 0 Å². The highest BCUT2D eigenvalue weighted by atomic mass is 31.3. The average Bonchev–Trinajstić information content (AvgIpc) is 3.15. The zero-order valence-corrected chi connectivity index (χ0v) is 18.0. The molecule has 0 aromatic carbocycles. The van der Waals surface area contributed by atoms with Gasteiger partial charge in [-0.25, -0.2) is 28.6 Å². The smallest absolute Gasteiger partial charge is 0.387 e. The van der Waals surface area contributed by atoms with E-state index in [2.05, 4.69) is 28.1 Å². The molecular weight excluding hydrogens is 507 g/mol. The van der Waals surface area contributed by atoms with Crippen molar-refractivity contribution in [3.05, 3.63) is 12.7 Å². The van der Waals surface area contributed by atoms with Gasteiger partial charge in [0.05, 0.1) is 6.61 Å². The monoisotopic (exact) mass is 523 g/mol. The fraction of sp³-hybridized carbons (Fsp3) is 0.500. The first kappa shape index (κ1) is 25.1. The number of aliphatic hydroxyl groups is 2. The van der Waals surface area contributed by atoms with E-state index in [-0.39, 0.29) is 17.0 Å².